The molecule has 0 aliphatic heterocycles. The van der Waals surface area contributed by atoms with Crippen molar-refractivity contribution in [3.63, 3.8) is 0 Å². The van der Waals surface area contributed by atoms with Crippen LogP contribution in [-0.2, 0) is 0 Å². The van der Waals surface area contributed by atoms with Gasteiger partial charge in [0.1, 0.15) is 0 Å². The zero-order chi connectivity index (χ0) is 9.52. The van der Waals surface area contributed by atoms with Crippen molar-refractivity contribution >= 4 is 0 Å². The molecule has 0 saturated heterocycles. The molecule has 1 aliphatic rings. The molecule has 0 radical (unpaired) electrons. The Morgan fingerprint density at radius 2 is 2.23 bits per heavy atom. The van der Waals surface area contributed by atoms with Crippen molar-refractivity contribution in [2.24, 2.45) is 11.8 Å². The molecule has 1 rings (SSSR count). The maximum Gasteiger partial charge on any atom is -0.00173 e. The number of hydrogen-bond donors (Lipinski definition) is 1. The number of hydrogen-bond acceptors (Lipinski definition) is 1. The summed E-state index contributed by atoms with van der Waals surface area (Å²) in [6, 6.07) is 0. The quantitative estimate of drug-likeness (QED) is 0.519. The van der Waals surface area contributed by atoms with Gasteiger partial charge in [-0.15, -0.1) is 0 Å². The van der Waals surface area contributed by atoms with Gasteiger partial charge in [0.15, 0.2) is 0 Å². The lowest BCUT2D eigenvalue weighted by molar-refractivity contribution is 0.325. The Morgan fingerprint density at radius 1 is 1.38 bits per heavy atom. The minimum absolute atomic E-state index is 0.876. The molecule has 0 aromatic carbocycles. The molecule has 13 heavy (non-hydrogen) atoms. The summed E-state index contributed by atoms with van der Waals surface area (Å²) in [6.45, 7) is 3.49. The van der Waals surface area contributed by atoms with Gasteiger partial charge in [0, 0.05) is 0 Å². The Labute approximate surface area is 82.6 Å². The Morgan fingerprint density at radius 3 is 2.92 bits per heavy atom. The van der Waals surface area contributed by atoms with E-state index in [1.54, 1.807) is 0 Å². The fraction of sp³-hybridized carbons (Fsp3) is 0.833. The first-order valence-corrected chi connectivity index (χ1v) is 5.64. The van der Waals surface area contributed by atoms with Gasteiger partial charge >= 0.3 is 0 Å². The third-order valence-corrected chi connectivity index (χ3v) is 2.95. The first kappa shape index (κ1) is 10.8. The van der Waals surface area contributed by atoms with Gasteiger partial charge in [-0.1, -0.05) is 31.9 Å². The van der Waals surface area contributed by atoms with Crippen molar-refractivity contribution in [1.29, 1.82) is 0 Å². The van der Waals surface area contributed by atoms with Gasteiger partial charge < -0.3 is 5.32 Å². The molecule has 1 fully saturated rings. The molecule has 1 saturated carbocycles. The summed E-state index contributed by atoms with van der Waals surface area (Å²) in [5.41, 5.74) is 0. The Bertz CT molecular complexity index is 151. The van der Waals surface area contributed by atoms with E-state index in [2.05, 4.69) is 24.4 Å². The molecule has 0 aromatic rings. The van der Waals surface area contributed by atoms with Crippen LogP contribution in [0, 0.1) is 11.8 Å². The smallest absolute Gasteiger partial charge is 0.00173 e. The summed E-state index contributed by atoms with van der Waals surface area (Å²) in [7, 11) is 2.01. The molecule has 0 bridgehead atoms. The second-order valence-electron chi connectivity index (χ2n) is 4.35. The van der Waals surface area contributed by atoms with E-state index in [-0.39, 0.29) is 0 Å². The number of rotatable bonds is 4. The van der Waals surface area contributed by atoms with E-state index >= 15 is 0 Å². The van der Waals surface area contributed by atoms with Crippen LogP contribution in [0.25, 0.3) is 0 Å². The Hall–Kier alpha value is -0.300. The largest absolute Gasteiger partial charge is 0.319 e. The van der Waals surface area contributed by atoms with Gasteiger partial charge in [0.25, 0.3) is 0 Å². The molecule has 76 valence electrons. The predicted octanol–water partition coefficient (Wildman–Crippen LogP) is 2.98. The minimum atomic E-state index is 0.876. The van der Waals surface area contributed by atoms with Crippen LogP contribution >= 0.6 is 0 Å². The van der Waals surface area contributed by atoms with Crippen molar-refractivity contribution in [3.05, 3.63) is 12.2 Å². The van der Waals surface area contributed by atoms with Crippen molar-refractivity contribution in [1.82, 2.24) is 5.32 Å². The normalized spacial score (nSPS) is 29.7. The van der Waals surface area contributed by atoms with Gasteiger partial charge in [-0.05, 0) is 44.7 Å². The third kappa shape index (κ3) is 4.47. The summed E-state index contributed by atoms with van der Waals surface area (Å²) in [4.78, 5) is 0. The highest BCUT2D eigenvalue weighted by Gasteiger charge is 2.15. The lowest BCUT2D eigenvalue weighted by atomic mass is 9.82. The average molecular weight is 181 g/mol. The first-order chi connectivity index (χ1) is 6.33. The van der Waals surface area contributed by atoms with Crippen LogP contribution in [0.5, 0.6) is 0 Å². The van der Waals surface area contributed by atoms with Crippen LogP contribution in [0.3, 0.4) is 0 Å². The fourth-order valence-electron chi connectivity index (χ4n) is 2.17. The molecule has 2 atom stereocenters. The fourth-order valence-corrected chi connectivity index (χ4v) is 2.17. The van der Waals surface area contributed by atoms with Crippen molar-refractivity contribution in [2.45, 2.75) is 39.0 Å². The highest BCUT2D eigenvalue weighted by Crippen LogP contribution is 2.29. The summed E-state index contributed by atoms with van der Waals surface area (Å²) in [5.74, 6) is 1.83. The molecular formula is C12H23N. The van der Waals surface area contributed by atoms with Crippen molar-refractivity contribution in [2.75, 3.05) is 13.6 Å². The maximum absolute atomic E-state index is 3.16. The lowest BCUT2D eigenvalue weighted by Gasteiger charge is -2.24. The van der Waals surface area contributed by atoms with Crippen LogP contribution in [0.15, 0.2) is 12.2 Å². The van der Waals surface area contributed by atoms with Crippen LogP contribution in [0.2, 0.25) is 0 Å². The monoisotopic (exact) mass is 181 g/mol. The van der Waals surface area contributed by atoms with Crippen LogP contribution in [0.1, 0.15) is 39.0 Å². The van der Waals surface area contributed by atoms with Gasteiger partial charge in [0.05, 0.1) is 0 Å². The van der Waals surface area contributed by atoms with Gasteiger partial charge in [-0.25, -0.2) is 0 Å². The van der Waals surface area contributed by atoms with Crippen LogP contribution in [-0.4, -0.2) is 13.6 Å². The zero-order valence-corrected chi connectivity index (χ0v) is 9.05. The van der Waals surface area contributed by atoms with Crippen molar-refractivity contribution < 1.29 is 0 Å². The van der Waals surface area contributed by atoms with E-state index in [0.717, 1.165) is 18.4 Å². The average Bonchev–Trinajstić information content (AvgIpc) is 2.13. The third-order valence-electron chi connectivity index (χ3n) is 2.95. The second-order valence-corrected chi connectivity index (χ2v) is 4.35. The highest BCUT2D eigenvalue weighted by atomic mass is 14.8. The molecule has 0 heterocycles. The molecule has 1 nitrogen and oxygen atoms in total. The summed E-state index contributed by atoms with van der Waals surface area (Å²) >= 11 is 0. The van der Waals surface area contributed by atoms with Gasteiger partial charge in [-0.3, -0.25) is 0 Å². The molecule has 2 unspecified atom stereocenters. The molecule has 1 N–H and O–H groups in total. The van der Waals surface area contributed by atoms with E-state index < -0.39 is 0 Å². The number of nitrogens with one attached hydrogen (secondary N) is 1. The summed E-state index contributed by atoms with van der Waals surface area (Å²) in [5, 5.41) is 3.16. The molecule has 1 aliphatic carbocycles. The van der Waals surface area contributed by atoms with Gasteiger partial charge in [-0.2, -0.15) is 0 Å². The van der Waals surface area contributed by atoms with Crippen LogP contribution in [0.4, 0.5) is 0 Å². The molecular weight excluding hydrogens is 158 g/mol. The topological polar surface area (TPSA) is 12.0 Å². The molecule has 0 amide bonds. The molecule has 1 heteroatoms. The Balaban J connectivity index is 2.15. The highest BCUT2D eigenvalue weighted by molar-refractivity contribution is 4.91. The number of allylic oxidation sites excluding steroid dienone is 1. The minimum Gasteiger partial charge on any atom is -0.319 e. The predicted molar refractivity (Wildman–Crippen MR) is 58.8 cm³/mol. The summed E-state index contributed by atoms with van der Waals surface area (Å²) < 4.78 is 0. The molecule has 0 aromatic heterocycles. The zero-order valence-electron chi connectivity index (χ0n) is 9.05. The first-order valence-electron chi connectivity index (χ1n) is 5.64. The van der Waals surface area contributed by atoms with E-state index in [9.17, 15) is 0 Å². The standard InChI is InChI=1S/C12H23N/c1-11-6-5-8-12(10-11)7-3-4-9-13-2/h3,7,11-13H,4-6,8-10H2,1-2H3. The SMILES string of the molecule is CNCCC=CC1CCCC(C)C1. The van der Waals surface area contributed by atoms with E-state index in [0.29, 0.717) is 0 Å². The maximum atomic E-state index is 3.16. The van der Waals surface area contributed by atoms with Crippen LogP contribution < -0.4 is 5.32 Å². The lowest BCUT2D eigenvalue weighted by Crippen LogP contribution is -2.11. The van der Waals surface area contributed by atoms with E-state index in [1.165, 1.54) is 32.1 Å². The van der Waals surface area contributed by atoms with Gasteiger partial charge in [0.2, 0.25) is 0 Å². The van der Waals surface area contributed by atoms with Crippen molar-refractivity contribution in [3.8, 4) is 0 Å². The summed E-state index contributed by atoms with van der Waals surface area (Å²) in [6.07, 6.45) is 11.7. The Kier molecular flexibility index (Phi) is 5.14. The van der Waals surface area contributed by atoms with E-state index in [1.807, 2.05) is 7.05 Å². The second kappa shape index (κ2) is 6.20. The molecule has 0 spiro atoms. The van der Waals surface area contributed by atoms with E-state index in [4.69, 9.17) is 0 Å².